The molecule has 17 heavy (non-hydrogen) atoms. The molecule has 0 bridgehead atoms. The van der Waals surface area contributed by atoms with Crippen LogP contribution in [-0.2, 0) is 0 Å². The number of rotatable bonds is 7. The lowest BCUT2D eigenvalue weighted by molar-refractivity contribution is 0.156. The van der Waals surface area contributed by atoms with Crippen LogP contribution in [0.5, 0.6) is 0 Å². The van der Waals surface area contributed by atoms with Crippen LogP contribution in [0.4, 0.5) is 0 Å². The Balaban J connectivity index is 2.40. The summed E-state index contributed by atoms with van der Waals surface area (Å²) in [7, 11) is 0. The van der Waals surface area contributed by atoms with Gasteiger partial charge in [-0.1, -0.05) is 40.5 Å². The van der Waals surface area contributed by atoms with Crippen LogP contribution in [0.2, 0.25) is 0 Å². The van der Waals surface area contributed by atoms with Crippen LogP contribution in [0.1, 0.15) is 79.1 Å². The van der Waals surface area contributed by atoms with E-state index in [1.54, 1.807) is 0 Å². The molecule has 0 amide bonds. The second kappa shape index (κ2) is 7.41. The highest BCUT2D eigenvalue weighted by Crippen LogP contribution is 2.39. The predicted octanol–water partition coefficient (Wildman–Crippen LogP) is 4.76. The second-order valence-electron chi connectivity index (χ2n) is 6.70. The summed E-state index contributed by atoms with van der Waals surface area (Å²) in [5, 5.41) is 3.80. The average molecular weight is 239 g/mol. The first-order valence-electron chi connectivity index (χ1n) is 7.82. The molecule has 1 atom stereocenters. The van der Waals surface area contributed by atoms with Gasteiger partial charge in [-0.15, -0.1) is 0 Å². The topological polar surface area (TPSA) is 12.0 Å². The first-order valence-corrected chi connectivity index (χ1v) is 7.82. The quantitative estimate of drug-likeness (QED) is 0.675. The smallest absolute Gasteiger partial charge is 0.00953 e. The van der Waals surface area contributed by atoms with Crippen molar-refractivity contribution in [2.45, 2.75) is 85.1 Å². The summed E-state index contributed by atoms with van der Waals surface area (Å²) in [5.74, 6) is 0.945. The summed E-state index contributed by atoms with van der Waals surface area (Å²) >= 11 is 0. The van der Waals surface area contributed by atoms with E-state index >= 15 is 0 Å². The highest BCUT2D eigenvalue weighted by atomic mass is 14.9. The van der Waals surface area contributed by atoms with Crippen molar-refractivity contribution in [3.8, 4) is 0 Å². The van der Waals surface area contributed by atoms with E-state index in [2.05, 4.69) is 33.0 Å². The van der Waals surface area contributed by atoms with Crippen LogP contribution in [0.3, 0.4) is 0 Å². The van der Waals surface area contributed by atoms with E-state index < -0.39 is 0 Å². The fourth-order valence-electron chi connectivity index (χ4n) is 3.08. The summed E-state index contributed by atoms with van der Waals surface area (Å²) in [4.78, 5) is 0. The Morgan fingerprint density at radius 1 is 1.12 bits per heavy atom. The Morgan fingerprint density at radius 3 is 2.29 bits per heavy atom. The zero-order valence-electron chi connectivity index (χ0n) is 12.5. The molecule has 0 spiro atoms. The van der Waals surface area contributed by atoms with Crippen LogP contribution in [0.25, 0.3) is 0 Å². The minimum atomic E-state index is 0.608. The van der Waals surface area contributed by atoms with Gasteiger partial charge in [-0.2, -0.15) is 0 Å². The number of hydrogen-bond acceptors (Lipinski definition) is 1. The van der Waals surface area contributed by atoms with Crippen LogP contribution in [-0.4, -0.2) is 12.6 Å². The van der Waals surface area contributed by atoms with Gasteiger partial charge >= 0.3 is 0 Å². The second-order valence-corrected chi connectivity index (χ2v) is 6.70. The van der Waals surface area contributed by atoms with Crippen molar-refractivity contribution < 1.29 is 0 Å². The molecule has 0 saturated heterocycles. The molecule has 1 nitrogen and oxygen atoms in total. The van der Waals surface area contributed by atoms with Gasteiger partial charge in [0, 0.05) is 6.04 Å². The first-order chi connectivity index (χ1) is 8.09. The molecule has 1 aliphatic rings. The van der Waals surface area contributed by atoms with Gasteiger partial charge in [-0.25, -0.2) is 0 Å². The molecule has 0 aromatic carbocycles. The lowest BCUT2D eigenvalue weighted by atomic mass is 9.70. The van der Waals surface area contributed by atoms with Crippen LogP contribution >= 0.6 is 0 Å². The van der Waals surface area contributed by atoms with E-state index in [1.165, 1.54) is 57.9 Å². The summed E-state index contributed by atoms with van der Waals surface area (Å²) in [6, 6.07) is 0.797. The normalized spacial score (nSPS) is 22.6. The van der Waals surface area contributed by atoms with Gasteiger partial charge in [0.2, 0.25) is 0 Å². The minimum absolute atomic E-state index is 0.608. The Kier molecular flexibility index (Phi) is 6.54. The van der Waals surface area contributed by atoms with Crippen LogP contribution in [0.15, 0.2) is 0 Å². The van der Waals surface area contributed by atoms with E-state index in [0.717, 1.165) is 12.0 Å². The molecule has 1 aliphatic carbocycles. The summed E-state index contributed by atoms with van der Waals surface area (Å²) in [6.07, 6.45) is 11.1. The standard InChI is InChI=1S/C16H33N/c1-5-7-8-15(17-13-6-2)14-9-11-16(3,4)12-10-14/h14-15,17H,5-13H2,1-4H3. The third-order valence-electron chi connectivity index (χ3n) is 4.48. The molecular formula is C16H33N. The number of unbranched alkanes of at least 4 members (excludes halogenated alkanes) is 1. The highest BCUT2D eigenvalue weighted by molar-refractivity contribution is 4.85. The van der Waals surface area contributed by atoms with Crippen molar-refractivity contribution in [1.29, 1.82) is 0 Å². The van der Waals surface area contributed by atoms with Crippen molar-refractivity contribution in [3.63, 3.8) is 0 Å². The SMILES string of the molecule is CCCCC(NCCC)C1CCC(C)(C)CC1. The van der Waals surface area contributed by atoms with Gasteiger partial charge < -0.3 is 5.32 Å². The first kappa shape index (κ1) is 15.0. The molecule has 0 aromatic heterocycles. The lowest BCUT2D eigenvalue weighted by Crippen LogP contribution is -2.39. The van der Waals surface area contributed by atoms with Crippen molar-refractivity contribution in [2.75, 3.05) is 6.54 Å². The van der Waals surface area contributed by atoms with Gasteiger partial charge in [0.15, 0.2) is 0 Å². The maximum absolute atomic E-state index is 3.80. The molecule has 102 valence electrons. The minimum Gasteiger partial charge on any atom is -0.314 e. The van der Waals surface area contributed by atoms with Crippen molar-refractivity contribution in [1.82, 2.24) is 5.32 Å². The van der Waals surface area contributed by atoms with E-state index in [4.69, 9.17) is 0 Å². The monoisotopic (exact) mass is 239 g/mol. The largest absolute Gasteiger partial charge is 0.314 e. The molecule has 1 rings (SSSR count). The van der Waals surface area contributed by atoms with E-state index in [1.807, 2.05) is 0 Å². The third kappa shape index (κ3) is 5.42. The van der Waals surface area contributed by atoms with Crippen molar-refractivity contribution in [3.05, 3.63) is 0 Å². The average Bonchev–Trinajstić information content (AvgIpc) is 2.30. The molecule has 0 aromatic rings. The number of hydrogen-bond donors (Lipinski definition) is 1. The Morgan fingerprint density at radius 2 is 1.76 bits per heavy atom. The molecule has 1 N–H and O–H groups in total. The van der Waals surface area contributed by atoms with Crippen LogP contribution in [0, 0.1) is 11.3 Å². The van der Waals surface area contributed by atoms with Gasteiger partial charge in [0.1, 0.15) is 0 Å². The lowest BCUT2D eigenvalue weighted by Gasteiger charge is -2.38. The van der Waals surface area contributed by atoms with Crippen molar-refractivity contribution >= 4 is 0 Å². The summed E-state index contributed by atoms with van der Waals surface area (Å²) in [5.41, 5.74) is 0.608. The fraction of sp³-hybridized carbons (Fsp3) is 1.00. The Labute approximate surface area is 109 Å². The molecule has 0 heterocycles. The fourth-order valence-corrected chi connectivity index (χ4v) is 3.08. The molecule has 1 saturated carbocycles. The van der Waals surface area contributed by atoms with Gasteiger partial charge in [-0.05, 0) is 56.4 Å². The van der Waals surface area contributed by atoms with Gasteiger partial charge in [-0.3, -0.25) is 0 Å². The maximum Gasteiger partial charge on any atom is 0.00953 e. The molecule has 1 fully saturated rings. The molecule has 0 aliphatic heterocycles. The molecule has 0 radical (unpaired) electrons. The summed E-state index contributed by atoms with van der Waals surface area (Å²) < 4.78 is 0. The van der Waals surface area contributed by atoms with Crippen LogP contribution < -0.4 is 5.32 Å². The summed E-state index contributed by atoms with van der Waals surface area (Å²) in [6.45, 7) is 10.6. The Hall–Kier alpha value is -0.0400. The zero-order valence-corrected chi connectivity index (χ0v) is 12.5. The molecule has 1 heteroatoms. The van der Waals surface area contributed by atoms with E-state index in [0.29, 0.717) is 5.41 Å². The Bertz CT molecular complexity index is 180. The van der Waals surface area contributed by atoms with Crippen molar-refractivity contribution in [2.24, 2.45) is 11.3 Å². The van der Waals surface area contributed by atoms with E-state index in [9.17, 15) is 0 Å². The number of nitrogens with one attached hydrogen (secondary N) is 1. The zero-order chi connectivity index (χ0) is 12.7. The third-order valence-corrected chi connectivity index (χ3v) is 4.48. The van der Waals surface area contributed by atoms with E-state index in [-0.39, 0.29) is 0 Å². The van der Waals surface area contributed by atoms with Gasteiger partial charge in [0.05, 0.1) is 0 Å². The van der Waals surface area contributed by atoms with Gasteiger partial charge in [0.25, 0.3) is 0 Å². The molecular weight excluding hydrogens is 206 g/mol. The highest BCUT2D eigenvalue weighted by Gasteiger charge is 2.30. The predicted molar refractivity (Wildman–Crippen MR) is 77.3 cm³/mol. The molecule has 1 unspecified atom stereocenters. The maximum atomic E-state index is 3.80.